The second-order valence-electron chi connectivity index (χ2n) is 7.70. The lowest BCUT2D eigenvalue weighted by atomic mass is 9.78. The molecule has 0 radical (unpaired) electrons. The molecule has 28 heavy (non-hydrogen) atoms. The number of piperidine rings is 1. The molecule has 0 unspecified atom stereocenters. The number of hydrogen-bond acceptors (Lipinski definition) is 5. The minimum atomic E-state index is -0.607. The van der Waals surface area contributed by atoms with Crippen molar-refractivity contribution in [3.8, 4) is 0 Å². The van der Waals surface area contributed by atoms with Crippen molar-refractivity contribution in [3.05, 3.63) is 40.9 Å². The number of likely N-dealkylation sites (tertiary alicyclic amines) is 1. The van der Waals surface area contributed by atoms with Gasteiger partial charge in [0.1, 0.15) is 6.54 Å². The van der Waals surface area contributed by atoms with Crippen LogP contribution in [-0.2, 0) is 20.9 Å². The third-order valence-corrected chi connectivity index (χ3v) is 5.95. The number of aromatic nitrogens is 2. The Bertz CT molecular complexity index is 937. The Kier molecular flexibility index (Phi) is 5.41. The third-order valence-electron chi connectivity index (χ3n) is 5.95. The quantitative estimate of drug-likeness (QED) is 0.756. The van der Waals surface area contributed by atoms with E-state index in [1.54, 1.807) is 24.3 Å². The summed E-state index contributed by atoms with van der Waals surface area (Å²) in [6.45, 7) is 0.222. The Morgan fingerprint density at radius 1 is 1.11 bits per heavy atom. The van der Waals surface area contributed by atoms with Gasteiger partial charge in [0.15, 0.2) is 6.61 Å². The van der Waals surface area contributed by atoms with Gasteiger partial charge in [0.05, 0.1) is 17.2 Å². The summed E-state index contributed by atoms with van der Waals surface area (Å²) in [6, 6.07) is 7.27. The summed E-state index contributed by atoms with van der Waals surface area (Å²) in [5.41, 5.74) is 0.286. The summed E-state index contributed by atoms with van der Waals surface area (Å²) in [5, 5.41) is 0.450. The van der Waals surface area contributed by atoms with Crippen LogP contribution in [0.2, 0.25) is 0 Å². The minimum Gasteiger partial charge on any atom is -0.454 e. The number of hydrogen-bond donors (Lipinski definition) is 0. The molecule has 148 valence electrons. The summed E-state index contributed by atoms with van der Waals surface area (Å²) in [6.07, 6.45) is 8.17. The van der Waals surface area contributed by atoms with Gasteiger partial charge in [-0.3, -0.25) is 19.0 Å². The molecule has 1 aliphatic heterocycles. The first kappa shape index (κ1) is 18.7. The summed E-state index contributed by atoms with van der Waals surface area (Å²) < 4.78 is 6.41. The average molecular weight is 383 g/mol. The monoisotopic (exact) mass is 383 g/mol. The Morgan fingerprint density at radius 2 is 1.89 bits per heavy atom. The van der Waals surface area contributed by atoms with Crippen molar-refractivity contribution in [2.45, 2.75) is 51.1 Å². The average Bonchev–Trinajstić information content (AvgIpc) is 2.74. The molecule has 1 saturated heterocycles. The lowest BCUT2D eigenvalue weighted by Gasteiger charge is -2.44. The van der Waals surface area contributed by atoms with Gasteiger partial charge >= 0.3 is 5.97 Å². The minimum absolute atomic E-state index is 0.131. The fourth-order valence-corrected chi connectivity index (χ4v) is 4.56. The molecule has 2 atom stereocenters. The summed E-state index contributed by atoms with van der Waals surface area (Å²) in [4.78, 5) is 43.4. The number of rotatable bonds is 4. The number of esters is 1. The zero-order chi connectivity index (χ0) is 19.5. The van der Waals surface area contributed by atoms with E-state index in [4.69, 9.17) is 4.74 Å². The molecule has 1 amide bonds. The van der Waals surface area contributed by atoms with Crippen LogP contribution in [0.15, 0.2) is 35.4 Å². The topological polar surface area (TPSA) is 81.5 Å². The molecule has 1 aliphatic carbocycles. The molecule has 2 heterocycles. The van der Waals surface area contributed by atoms with E-state index in [0.29, 0.717) is 22.9 Å². The molecule has 7 nitrogen and oxygen atoms in total. The van der Waals surface area contributed by atoms with Crippen molar-refractivity contribution in [1.29, 1.82) is 0 Å². The number of fused-ring (bicyclic) bond motifs is 2. The summed E-state index contributed by atoms with van der Waals surface area (Å²) in [5.74, 6) is -0.150. The van der Waals surface area contributed by atoms with Gasteiger partial charge in [-0.05, 0) is 43.7 Å². The van der Waals surface area contributed by atoms with E-state index in [1.807, 2.05) is 4.90 Å². The molecule has 2 fully saturated rings. The number of carbonyl (C=O) groups excluding carboxylic acids is 2. The molecule has 0 bridgehead atoms. The predicted molar refractivity (Wildman–Crippen MR) is 104 cm³/mol. The standard InChI is InChI=1S/C21H25N3O4/c25-19(24-11-5-7-15-6-1-4-10-18(15)24)13-28-20(26)12-23-14-22-17-9-3-2-8-16(17)21(23)27/h2-3,8-9,14-15,18H,1,4-7,10-13H2/t15-,18+/m0/s1. The molecule has 0 N–H and O–H groups in total. The first-order chi connectivity index (χ1) is 13.6. The van der Waals surface area contributed by atoms with Gasteiger partial charge in [0, 0.05) is 12.6 Å². The molecular weight excluding hydrogens is 358 g/mol. The zero-order valence-corrected chi connectivity index (χ0v) is 15.9. The Labute approximate surface area is 163 Å². The van der Waals surface area contributed by atoms with E-state index in [2.05, 4.69) is 4.98 Å². The number of amides is 1. The largest absolute Gasteiger partial charge is 0.454 e. The van der Waals surface area contributed by atoms with Gasteiger partial charge in [-0.25, -0.2) is 4.98 Å². The van der Waals surface area contributed by atoms with Crippen LogP contribution in [0.4, 0.5) is 0 Å². The van der Waals surface area contributed by atoms with Crippen LogP contribution in [0.1, 0.15) is 38.5 Å². The fraction of sp³-hybridized carbons (Fsp3) is 0.524. The van der Waals surface area contributed by atoms with Crippen molar-refractivity contribution in [2.24, 2.45) is 5.92 Å². The van der Waals surface area contributed by atoms with Crippen LogP contribution in [-0.4, -0.2) is 45.5 Å². The highest BCUT2D eigenvalue weighted by Crippen LogP contribution is 2.35. The second-order valence-corrected chi connectivity index (χ2v) is 7.70. The van der Waals surface area contributed by atoms with Crippen LogP contribution in [0.5, 0.6) is 0 Å². The van der Waals surface area contributed by atoms with Crippen LogP contribution < -0.4 is 5.56 Å². The number of nitrogens with zero attached hydrogens (tertiary/aromatic N) is 3. The van der Waals surface area contributed by atoms with Gasteiger partial charge < -0.3 is 9.64 Å². The van der Waals surface area contributed by atoms with Crippen LogP contribution in [0.3, 0.4) is 0 Å². The lowest BCUT2D eigenvalue weighted by Crippen LogP contribution is -2.51. The van der Waals surface area contributed by atoms with Gasteiger partial charge in [-0.2, -0.15) is 0 Å². The number of benzene rings is 1. The van der Waals surface area contributed by atoms with E-state index in [9.17, 15) is 14.4 Å². The molecule has 0 spiro atoms. The van der Waals surface area contributed by atoms with Crippen molar-refractivity contribution in [2.75, 3.05) is 13.2 Å². The number of carbonyl (C=O) groups is 2. The van der Waals surface area contributed by atoms with Gasteiger partial charge in [0.2, 0.25) is 0 Å². The summed E-state index contributed by atoms with van der Waals surface area (Å²) in [7, 11) is 0. The molecule has 2 aliphatic rings. The van der Waals surface area contributed by atoms with Crippen LogP contribution >= 0.6 is 0 Å². The third kappa shape index (κ3) is 3.79. The van der Waals surface area contributed by atoms with Gasteiger partial charge in [-0.1, -0.05) is 25.0 Å². The van der Waals surface area contributed by atoms with Crippen molar-refractivity contribution >= 4 is 22.8 Å². The maximum Gasteiger partial charge on any atom is 0.326 e. The van der Waals surface area contributed by atoms with E-state index in [0.717, 1.165) is 25.8 Å². The lowest BCUT2D eigenvalue weighted by molar-refractivity contribution is -0.155. The van der Waals surface area contributed by atoms with Crippen molar-refractivity contribution < 1.29 is 14.3 Å². The Balaban J connectivity index is 1.36. The second kappa shape index (κ2) is 8.12. The van der Waals surface area contributed by atoms with E-state index >= 15 is 0 Å². The smallest absolute Gasteiger partial charge is 0.326 e. The predicted octanol–water partition coefficient (Wildman–Crippen LogP) is 2.12. The molecule has 1 saturated carbocycles. The highest BCUT2D eigenvalue weighted by molar-refractivity contribution is 5.81. The maximum atomic E-state index is 12.6. The molecular formula is C21H25N3O4. The van der Waals surface area contributed by atoms with Gasteiger partial charge in [-0.15, -0.1) is 0 Å². The fourth-order valence-electron chi connectivity index (χ4n) is 4.56. The van der Waals surface area contributed by atoms with Crippen molar-refractivity contribution in [1.82, 2.24) is 14.5 Å². The van der Waals surface area contributed by atoms with Gasteiger partial charge in [0.25, 0.3) is 11.5 Å². The Morgan fingerprint density at radius 3 is 2.79 bits per heavy atom. The first-order valence-electron chi connectivity index (χ1n) is 10.0. The molecule has 1 aromatic heterocycles. The van der Waals surface area contributed by atoms with E-state index in [1.165, 1.54) is 30.2 Å². The maximum absolute atomic E-state index is 12.6. The van der Waals surface area contributed by atoms with E-state index < -0.39 is 5.97 Å². The first-order valence-corrected chi connectivity index (χ1v) is 10.0. The summed E-state index contributed by atoms with van der Waals surface area (Å²) >= 11 is 0. The zero-order valence-electron chi connectivity index (χ0n) is 15.9. The Hall–Kier alpha value is -2.70. The van der Waals surface area contributed by atoms with Crippen LogP contribution in [0, 0.1) is 5.92 Å². The molecule has 7 heteroatoms. The number of ether oxygens (including phenoxy) is 1. The normalized spacial score (nSPS) is 21.9. The molecule has 2 aromatic rings. The highest BCUT2D eigenvalue weighted by atomic mass is 16.5. The highest BCUT2D eigenvalue weighted by Gasteiger charge is 2.35. The SMILES string of the molecule is O=C(Cn1cnc2ccccc2c1=O)OCC(=O)N1CCC[C@@H]2CCCC[C@H]21. The number of para-hydroxylation sites is 1. The molecule has 4 rings (SSSR count). The van der Waals surface area contributed by atoms with E-state index in [-0.39, 0.29) is 24.6 Å². The molecule has 1 aromatic carbocycles. The van der Waals surface area contributed by atoms with Crippen molar-refractivity contribution in [3.63, 3.8) is 0 Å². The van der Waals surface area contributed by atoms with Crippen LogP contribution in [0.25, 0.3) is 10.9 Å².